The fourth-order valence-electron chi connectivity index (χ4n) is 1.57. The lowest BCUT2D eigenvalue weighted by atomic mass is 10.2. The highest BCUT2D eigenvalue weighted by molar-refractivity contribution is 5.96. The third-order valence-corrected chi connectivity index (χ3v) is 2.53. The molecule has 0 saturated carbocycles. The molecule has 120 valence electrons. The predicted octanol–water partition coefficient (Wildman–Crippen LogP) is 2.20. The lowest BCUT2D eigenvalue weighted by Gasteiger charge is -2.28. The van der Waals surface area contributed by atoms with Gasteiger partial charge in [-0.25, -0.2) is 19.5 Å². The Hall–Kier alpha value is -2.71. The van der Waals surface area contributed by atoms with Crippen molar-refractivity contribution >= 4 is 23.6 Å². The molecule has 1 rings (SSSR count). The molecule has 1 heterocycles. The van der Waals surface area contributed by atoms with E-state index >= 15 is 0 Å². The molecule has 1 amide bonds. The van der Waals surface area contributed by atoms with Crippen LogP contribution in [0.15, 0.2) is 18.3 Å². The van der Waals surface area contributed by atoms with E-state index in [1.54, 1.807) is 20.8 Å². The second-order valence-corrected chi connectivity index (χ2v) is 5.47. The van der Waals surface area contributed by atoms with Crippen molar-refractivity contribution in [1.29, 1.82) is 0 Å². The second-order valence-electron chi connectivity index (χ2n) is 5.47. The summed E-state index contributed by atoms with van der Waals surface area (Å²) in [6.45, 7) is 6.01. The quantitative estimate of drug-likeness (QED) is 0.667. The number of aliphatic carboxylic acids is 1. The maximum atomic E-state index is 12.3. The van der Waals surface area contributed by atoms with Gasteiger partial charge < -0.3 is 9.84 Å². The topological polar surface area (TPSA) is 123 Å². The first-order chi connectivity index (χ1) is 10.0. The van der Waals surface area contributed by atoms with Crippen LogP contribution >= 0.6 is 0 Å². The van der Waals surface area contributed by atoms with E-state index < -0.39 is 34.3 Å². The molecule has 0 aliphatic rings. The first kappa shape index (κ1) is 17.3. The standard InChI is InChI=1S/C13H17N3O6/c1-8(11(17)18)15(12(19)22-13(2,3)4)10-9(16(20)21)6-5-7-14-10/h5-8H,1-4H3,(H,17,18). The van der Waals surface area contributed by atoms with Gasteiger partial charge in [-0.1, -0.05) is 0 Å². The maximum Gasteiger partial charge on any atom is 0.417 e. The van der Waals surface area contributed by atoms with E-state index in [4.69, 9.17) is 9.84 Å². The van der Waals surface area contributed by atoms with Crippen LogP contribution < -0.4 is 4.90 Å². The summed E-state index contributed by atoms with van der Waals surface area (Å²) < 4.78 is 5.12. The monoisotopic (exact) mass is 311 g/mol. The van der Waals surface area contributed by atoms with Crippen LogP contribution in [0.4, 0.5) is 16.3 Å². The number of rotatable bonds is 4. The molecule has 0 bridgehead atoms. The number of hydrogen-bond acceptors (Lipinski definition) is 6. The molecule has 0 saturated heterocycles. The Bertz CT molecular complexity index is 596. The molecule has 0 radical (unpaired) electrons. The molecule has 9 nitrogen and oxygen atoms in total. The Morgan fingerprint density at radius 1 is 1.45 bits per heavy atom. The Labute approximate surface area is 126 Å². The van der Waals surface area contributed by atoms with E-state index in [0.29, 0.717) is 4.90 Å². The second kappa shape index (κ2) is 6.37. The van der Waals surface area contributed by atoms with Crippen molar-refractivity contribution in [2.24, 2.45) is 0 Å². The number of carbonyl (C=O) groups excluding carboxylic acids is 1. The molecule has 22 heavy (non-hydrogen) atoms. The van der Waals surface area contributed by atoms with Crippen molar-refractivity contribution in [3.63, 3.8) is 0 Å². The number of amides is 1. The fourth-order valence-corrected chi connectivity index (χ4v) is 1.57. The Kier molecular flexibility index (Phi) is 5.02. The van der Waals surface area contributed by atoms with Crippen LogP contribution in [0.25, 0.3) is 0 Å². The van der Waals surface area contributed by atoms with Crippen LogP contribution in [0.2, 0.25) is 0 Å². The van der Waals surface area contributed by atoms with Crippen molar-refractivity contribution in [3.8, 4) is 0 Å². The van der Waals surface area contributed by atoms with Gasteiger partial charge in [-0.3, -0.25) is 10.1 Å². The molecule has 1 N–H and O–H groups in total. The van der Waals surface area contributed by atoms with E-state index in [9.17, 15) is 19.7 Å². The summed E-state index contributed by atoms with van der Waals surface area (Å²) in [5.41, 5.74) is -1.38. The summed E-state index contributed by atoms with van der Waals surface area (Å²) in [4.78, 5) is 38.2. The smallest absolute Gasteiger partial charge is 0.417 e. The highest BCUT2D eigenvalue weighted by Crippen LogP contribution is 2.28. The lowest BCUT2D eigenvalue weighted by Crippen LogP contribution is -2.46. The molecule has 0 spiro atoms. The third kappa shape index (κ3) is 4.14. The number of ether oxygens (including phenoxy) is 1. The third-order valence-electron chi connectivity index (χ3n) is 2.53. The van der Waals surface area contributed by atoms with Gasteiger partial charge in [0.05, 0.1) is 4.92 Å². The van der Waals surface area contributed by atoms with Gasteiger partial charge in [-0.05, 0) is 33.8 Å². The fraction of sp³-hybridized carbons (Fsp3) is 0.462. The zero-order valence-electron chi connectivity index (χ0n) is 12.6. The molecule has 0 aliphatic heterocycles. The number of pyridine rings is 1. The number of carboxylic acid groups (broad SMARTS) is 1. The van der Waals surface area contributed by atoms with Gasteiger partial charge in [0.1, 0.15) is 11.6 Å². The molecule has 1 aromatic heterocycles. The minimum Gasteiger partial charge on any atom is -0.480 e. The number of aromatic nitrogens is 1. The first-order valence-corrected chi connectivity index (χ1v) is 6.39. The summed E-state index contributed by atoms with van der Waals surface area (Å²) in [6, 6.07) is 1.07. The predicted molar refractivity (Wildman–Crippen MR) is 76.7 cm³/mol. The average molecular weight is 311 g/mol. The Balaban J connectivity index is 3.37. The highest BCUT2D eigenvalue weighted by Gasteiger charge is 2.36. The molecular formula is C13H17N3O6. The number of carbonyl (C=O) groups is 2. The van der Waals surface area contributed by atoms with Crippen molar-refractivity contribution in [1.82, 2.24) is 4.98 Å². The van der Waals surface area contributed by atoms with Gasteiger partial charge in [-0.2, -0.15) is 0 Å². The number of nitro groups is 1. The maximum absolute atomic E-state index is 12.3. The molecule has 1 atom stereocenters. The van der Waals surface area contributed by atoms with Crippen molar-refractivity contribution < 1.29 is 24.4 Å². The summed E-state index contributed by atoms with van der Waals surface area (Å²) in [5.74, 6) is -1.72. The van der Waals surface area contributed by atoms with Crippen LogP contribution in [0.3, 0.4) is 0 Å². The minimum absolute atomic E-state index is 0.378. The normalized spacial score (nSPS) is 12.4. The first-order valence-electron chi connectivity index (χ1n) is 6.39. The molecule has 1 unspecified atom stereocenters. The summed E-state index contributed by atoms with van der Waals surface area (Å²) in [6.07, 6.45) is 0.207. The van der Waals surface area contributed by atoms with E-state index in [1.165, 1.54) is 19.2 Å². The van der Waals surface area contributed by atoms with Crippen LogP contribution in [0.5, 0.6) is 0 Å². The number of carboxylic acids is 1. The highest BCUT2D eigenvalue weighted by atomic mass is 16.6. The van der Waals surface area contributed by atoms with E-state index in [0.717, 1.165) is 6.07 Å². The van der Waals surface area contributed by atoms with E-state index in [-0.39, 0.29) is 5.82 Å². The minimum atomic E-state index is -1.39. The number of hydrogen-bond donors (Lipinski definition) is 1. The average Bonchev–Trinajstić information content (AvgIpc) is 2.36. The number of anilines is 1. The molecule has 9 heteroatoms. The Morgan fingerprint density at radius 2 is 2.05 bits per heavy atom. The summed E-state index contributed by atoms with van der Waals surface area (Å²) >= 11 is 0. The Morgan fingerprint density at radius 3 is 2.50 bits per heavy atom. The largest absolute Gasteiger partial charge is 0.480 e. The van der Waals surface area contributed by atoms with Crippen molar-refractivity contribution in [2.75, 3.05) is 4.90 Å². The molecule has 1 aromatic rings. The summed E-state index contributed by atoms with van der Waals surface area (Å²) in [7, 11) is 0. The van der Waals surface area contributed by atoms with Crippen LogP contribution in [-0.4, -0.2) is 38.7 Å². The van der Waals surface area contributed by atoms with Crippen LogP contribution in [-0.2, 0) is 9.53 Å². The zero-order valence-corrected chi connectivity index (χ0v) is 12.6. The van der Waals surface area contributed by atoms with Crippen LogP contribution in [0.1, 0.15) is 27.7 Å². The van der Waals surface area contributed by atoms with Crippen molar-refractivity contribution in [2.45, 2.75) is 39.3 Å². The van der Waals surface area contributed by atoms with Gasteiger partial charge >= 0.3 is 17.7 Å². The zero-order chi connectivity index (χ0) is 17.1. The van der Waals surface area contributed by atoms with E-state index in [2.05, 4.69) is 4.98 Å². The van der Waals surface area contributed by atoms with Gasteiger partial charge in [0.25, 0.3) is 0 Å². The van der Waals surface area contributed by atoms with Gasteiger partial charge in [0, 0.05) is 12.3 Å². The number of nitrogens with zero attached hydrogens (tertiary/aromatic N) is 3. The van der Waals surface area contributed by atoms with Gasteiger partial charge in [0.2, 0.25) is 5.82 Å². The van der Waals surface area contributed by atoms with E-state index in [1.807, 2.05) is 0 Å². The van der Waals surface area contributed by atoms with Crippen molar-refractivity contribution in [3.05, 3.63) is 28.4 Å². The van der Waals surface area contributed by atoms with Crippen LogP contribution in [0, 0.1) is 10.1 Å². The molecule has 0 aliphatic carbocycles. The molecule has 0 aromatic carbocycles. The lowest BCUT2D eigenvalue weighted by molar-refractivity contribution is -0.384. The van der Waals surface area contributed by atoms with Gasteiger partial charge in [-0.15, -0.1) is 0 Å². The SMILES string of the molecule is CC(C(=O)O)N(C(=O)OC(C)(C)C)c1ncccc1[N+](=O)[O-]. The molecule has 0 fully saturated rings. The molecular weight excluding hydrogens is 294 g/mol. The van der Waals surface area contributed by atoms with Gasteiger partial charge in [0.15, 0.2) is 0 Å². The summed E-state index contributed by atoms with van der Waals surface area (Å²) in [5, 5.41) is 20.2.